The Kier molecular flexibility index (Phi) is 8.14. The number of amides is 4. The summed E-state index contributed by atoms with van der Waals surface area (Å²) in [6.45, 7) is -0.861. The lowest BCUT2D eigenvalue weighted by molar-refractivity contribution is -0.144. The van der Waals surface area contributed by atoms with Gasteiger partial charge in [0.15, 0.2) is 12.1 Å². The Morgan fingerprint density at radius 2 is 0.826 bits per heavy atom. The summed E-state index contributed by atoms with van der Waals surface area (Å²) in [5.41, 5.74) is 1.20. The van der Waals surface area contributed by atoms with Crippen molar-refractivity contribution in [2.24, 2.45) is 0 Å². The van der Waals surface area contributed by atoms with E-state index in [4.69, 9.17) is 9.47 Å². The van der Waals surface area contributed by atoms with Crippen LogP contribution in [0.3, 0.4) is 0 Å². The van der Waals surface area contributed by atoms with Crippen LogP contribution in [0.1, 0.15) is 52.6 Å². The van der Waals surface area contributed by atoms with E-state index in [1.807, 2.05) is 12.1 Å². The van der Waals surface area contributed by atoms with Gasteiger partial charge in [0.2, 0.25) is 0 Å². The highest BCUT2D eigenvalue weighted by Crippen LogP contribution is 2.39. The Morgan fingerprint density at radius 3 is 1.11 bits per heavy atom. The molecular formula is C34H26N2O10. The Hall–Kier alpha value is -5.72. The maximum absolute atomic E-state index is 13.7. The summed E-state index contributed by atoms with van der Waals surface area (Å²) in [6, 6.07) is 19.6. The summed E-state index contributed by atoms with van der Waals surface area (Å²) < 4.78 is 11.1. The Bertz CT molecular complexity index is 1700. The van der Waals surface area contributed by atoms with Crippen molar-refractivity contribution in [2.45, 2.75) is 25.3 Å². The quantitative estimate of drug-likeness (QED) is 0.224. The van der Waals surface area contributed by atoms with E-state index in [9.17, 15) is 39.0 Å². The summed E-state index contributed by atoms with van der Waals surface area (Å²) in [7, 11) is 0. The van der Waals surface area contributed by atoms with Crippen LogP contribution < -0.4 is 0 Å². The zero-order chi connectivity index (χ0) is 32.5. The molecule has 2 N–H and O–H groups in total. The number of benzene rings is 4. The van der Waals surface area contributed by atoms with Gasteiger partial charge in [-0.15, -0.1) is 0 Å². The average Bonchev–Trinajstić information content (AvgIpc) is 3.05. The molecule has 2 aliphatic rings. The predicted octanol–water partition coefficient (Wildman–Crippen LogP) is 3.37. The third kappa shape index (κ3) is 5.29. The van der Waals surface area contributed by atoms with Gasteiger partial charge in [0.1, 0.15) is 0 Å². The lowest BCUT2D eigenvalue weighted by Crippen LogP contribution is -2.54. The van der Waals surface area contributed by atoms with E-state index in [1.54, 1.807) is 48.5 Å². The Morgan fingerprint density at radius 1 is 0.522 bits per heavy atom. The van der Waals surface area contributed by atoms with Crippen LogP contribution in [0.5, 0.6) is 0 Å². The summed E-state index contributed by atoms with van der Waals surface area (Å²) in [5, 5.41) is 20.0. The van der Waals surface area contributed by atoms with Crippen molar-refractivity contribution in [3.05, 3.63) is 118 Å². The second kappa shape index (κ2) is 12.3. The van der Waals surface area contributed by atoms with Crippen molar-refractivity contribution in [2.75, 3.05) is 13.2 Å². The number of rotatable bonds is 12. The molecule has 0 aliphatic carbocycles. The lowest BCUT2D eigenvalue weighted by Gasteiger charge is -2.35. The number of carbonyl (C=O) groups is 6. The molecule has 4 aromatic carbocycles. The van der Waals surface area contributed by atoms with Gasteiger partial charge in [-0.3, -0.25) is 29.0 Å². The zero-order valence-corrected chi connectivity index (χ0v) is 24.1. The van der Waals surface area contributed by atoms with Gasteiger partial charge in [-0.1, -0.05) is 60.7 Å². The molecule has 2 atom stereocenters. The number of hydrogen-bond acceptors (Lipinski definition) is 8. The first kappa shape index (κ1) is 30.3. The van der Waals surface area contributed by atoms with Gasteiger partial charge in [0.05, 0.1) is 26.4 Å². The smallest absolute Gasteiger partial charge is 0.329 e. The fraction of sp³-hybridized carbons (Fsp3) is 0.176. The topological polar surface area (TPSA) is 168 Å². The van der Waals surface area contributed by atoms with Crippen molar-refractivity contribution in [3.8, 4) is 0 Å². The SMILES string of the molecule is O=C(O)[C@@H](COCc1ccccc1)N1C(=O)c2ccc3c4c(ccc(c24)C1=O)C(=O)N([C@H](COCc1ccccc1)C(=O)O)C3=O. The standard InChI is InChI=1S/C34H26N2O10/c37-29-21-11-13-23-28-24(32(40)36(31(23)39)26(34(43)44)18-46-16-20-9-5-2-6-10-20)14-12-22(27(21)28)30(38)35(29)25(33(41)42)17-45-15-19-7-3-1-4-8-19/h1-14,25-26H,15-18H2,(H,41,42)(H,43,44)/t25-,26-/m1/s1. The van der Waals surface area contributed by atoms with Crippen LogP contribution in [-0.4, -0.2) is 80.9 Å². The Labute approximate surface area is 261 Å². The minimum atomic E-state index is -1.66. The number of hydrogen-bond donors (Lipinski definition) is 2. The molecule has 0 radical (unpaired) electrons. The van der Waals surface area contributed by atoms with E-state index in [0.29, 0.717) is 9.80 Å². The first-order valence-corrected chi connectivity index (χ1v) is 14.2. The molecule has 232 valence electrons. The lowest BCUT2D eigenvalue weighted by atomic mass is 9.85. The molecule has 0 spiro atoms. The van der Waals surface area contributed by atoms with Crippen LogP contribution in [0.15, 0.2) is 84.9 Å². The maximum atomic E-state index is 13.7. The molecular weight excluding hydrogens is 596 g/mol. The van der Waals surface area contributed by atoms with Crippen molar-refractivity contribution < 1.29 is 48.5 Å². The van der Waals surface area contributed by atoms with E-state index < -0.39 is 60.9 Å². The monoisotopic (exact) mass is 622 g/mol. The molecule has 0 aromatic heterocycles. The van der Waals surface area contributed by atoms with E-state index >= 15 is 0 Å². The number of aliphatic carboxylic acids is 2. The molecule has 12 heteroatoms. The number of ether oxygens (including phenoxy) is 2. The zero-order valence-electron chi connectivity index (χ0n) is 24.1. The van der Waals surface area contributed by atoms with Gasteiger partial charge in [-0.05, 0) is 35.4 Å². The van der Waals surface area contributed by atoms with Crippen LogP contribution in [0, 0.1) is 0 Å². The van der Waals surface area contributed by atoms with Gasteiger partial charge < -0.3 is 19.7 Å². The molecule has 0 saturated carbocycles. The summed E-state index contributed by atoms with van der Waals surface area (Å²) in [6.07, 6.45) is 0. The van der Waals surface area contributed by atoms with E-state index in [-0.39, 0.29) is 46.2 Å². The van der Waals surface area contributed by atoms with E-state index in [2.05, 4.69) is 0 Å². The molecule has 2 heterocycles. The van der Waals surface area contributed by atoms with Crippen LogP contribution in [0.25, 0.3) is 10.8 Å². The number of imide groups is 2. The molecule has 4 amide bonds. The van der Waals surface area contributed by atoms with Crippen LogP contribution >= 0.6 is 0 Å². The third-order valence-corrected chi connectivity index (χ3v) is 7.93. The number of carbonyl (C=O) groups excluding carboxylic acids is 4. The molecule has 0 fully saturated rings. The van der Waals surface area contributed by atoms with Crippen LogP contribution in [0.2, 0.25) is 0 Å². The molecule has 4 aromatic rings. The number of carboxylic acid groups (broad SMARTS) is 2. The van der Waals surface area contributed by atoms with Crippen LogP contribution in [0.4, 0.5) is 0 Å². The summed E-state index contributed by atoms with van der Waals surface area (Å²) in [4.78, 5) is 80.5. The van der Waals surface area contributed by atoms with E-state index in [1.165, 1.54) is 24.3 Å². The van der Waals surface area contributed by atoms with E-state index in [0.717, 1.165) is 11.1 Å². The van der Waals surface area contributed by atoms with Crippen molar-refractivity contribution in [1.82, 2.24) is 9.80 Å². The highest BCUT2D eigenvalue weighted by atomic mass is 16.5. The van der Waals surface area contributed by atoms with Crippen molar-refractivity contribution >= 4 is 46.3 Å². The first-order valence-electron chi connectivity index (χ1n) is 14.2. The fourth-order valence-electron chi connectivity index (χ4n) is 5.72. The molecule has 0 saturated heterocycles. The predicted molar refractivity (Wildman–Crippen MR) is 160 cm³/mol. The molecule has 6 rings (SSSR count). The highest BCUT2D eigenvalue weighted by Gasteiger charge is 2.46. The first-order chi connectivity index (χ1) is 22.2. The Balaban J connectivity index is 1.30. The van der Waals surface area contributed by atoms with Crippen molar-refractivity contribution in [1.29, 1.82) is 0 Å². The molecule has 46 heavy (non-hydrogen) atoms. The van der Waals surface area contributed by atoms with Crippen LogP contribution in [-0.2, 0) is 32.3 Å². The second-order valence-electron chi connectivity index (χ2n) is 10.7. The van der Waals surface area contributed by atoms with Gasteiger partial charge in [0.25, 0.3) is 23.6 Å². The second-order valence-corrected chi connectivity index (χ2v) is 10.7. The molecule has 0 unspecified atom stereocenters. The molecule has 0 bridgehead atoms. The summed E-state index contributed by atoms with van der Waals surface area (Å²) in [5.74, 6) is -6.65. The third-order valence-electron chi connectivity index (χ3n) is 7.93. The number of carboxylic acids is 2. The van der Waals surface area contributed by atoms with Gasteiger partial charge in [-0.2, -0.15) is 0 Å². The normalized spacial score (nSPS) is 15.3. The summed E-state index contributed by atoms with van der Waals surface area (Å²) >= 11 is 0. The maximum Gasteiger partial charge on any atom is 0.329 e. The van der Waals surface area contributed by atoms with Crippen molar-refractivity contribution in [3.63, 3.8) is 0 Å². The van der Waals surface area contributed by atoms with Gasteiger partial charge >= 0.3 is 11.9 Å². The molecule has 12 nitrogen and oxygen atoms in total. The minimum absolute atomic E-state index is 0.0177. The average molecular weight is 623 g/mol. The van der Waals surface area contributed by atoms with Gasteiger partial charge in [-0.25, -0.2) is 9.59 Å². The fourth-order valence-corrected chi connectivity index (χ4v) is 5.72. The largest absolute Gasteiger partial charge is 0.480 e. The highest BCUT2D eigenvalue weighted by molar-refractivity contribution is 6.34. The molecule has 2 aliphatic heterocycles. The minimum Gasteiger partial charge on any atom is -0.480 e. The van der Waals surface area contributed by atoms with Gasteiger partial charge in [0, 0.05) is 33.0 Å². The number of nitrogens with zero attached hydrogens (tertiary/aromatic N) is 2.